The van der Waals surface area contributed by atoms with Crippen LogP contribution in [0.25, 0.3) is 0 Å². The van der Waals surface area contributed by atoms with Crippen LogP contribution in [0.1, 0.15) is 55.4 Å². The van der Waals surface area contributed by atoms with E-state index in [1.165, 1.54) is 0 Å². The van der Waals surface area contributed by atoms with Crippen molar-refractivity contribution in [1.29, 1.82) is 0 Å². The second-order valence-electron chi connectivity index (χ2n) is 5.97. The van der Waals surface area contributed by atoms with Crippen molar-refractivity contribution in [3.63, 3.8) is 0 Å². The van der Waals surface area contributed by atoms with Crippen molar-refractivity contribution in [2.75, 3.05) is 6.66 Å². The van der Waals surface area contributed by atoms with E-state index < -0.39 is 5.81 Å². The summed E-state index contributed by atoms with van der Waals surface area (Å²) in [6.07, 6.45) is 0. The summed E-state index contributed by atoms with van der Waals surface area (Å²) >= 11 is 3.54. The minimum absolute atomic E-state index is 0.578. The summed E-state index contributed by atoms with van der Waals surface area (Å²) in [5, 5.41) is 0. The van der Waals surface area contributed by atoms with Crippen LogP contribution in [0.3, 0.4) is 0 Å². The zero-order valence-electron chi connectivity index (χ0n) is 13.1. The number of rotatable bonds is 6. The molecule has 0 unspecified atom stereocenters. The Morgan fingerprint density at radius 1 is 0.647 bits per heavy atom. The van der Waals surface area contributed by atoms with Crippen LogP contribution < -0.4 is 0 Å². The summed E-state index contributed by atoms with van der Waals surface area (Å²) in [6.45, 7) is 20.8. The molecule has 2 nitrogen and oxygen atoms in total. The van der Waals surface area contributed by atoms with Gasteiger partial charge in [-0.1, -0.05) is 0 Å². The van der Waals surface area contributed by atoms with Crippen LogP contribution in [0, 0.1) is 0 Å². The van der Waals surface area contributed by atoms with Gasteiger partial charge in [0.15, 0.2) is 0 Å². The van der Waals surface area contributed by atoms with Crippen molar-refractivity contribution in [2.24, 2.45) is 0 Å². The fourth-order valence-corrected chi connectivity index (χ4v) is 11.4. The first-order chi connectivity index (χ1) is 7.53. The van der Waals surface area contributed by atoms with Gasteiger partial charge in [0, 0.05) is 0 Å². The standard InChI is InChI=1S/C13H31N2PSe/c1-10(2)14(11(3)4)16(9,17)15(12(5)6)13(7)8/h10-13H,1-9H3. The van der Waals surface area contributed by atoms with E-state index in [1.54, 1.807) is 0 Å². The van der Waals surface area contributed by atoms with E-state index in [0.717, 1.165) is 0 Å². The average molecular weight is 325 g/mol. The molecular weight excluding hydrogens is 294 g/mol. The average Bonchev–Trinajstić information content (AvgIpc) is 1.96. The van der Waals surface area contributed by atoms with E-state index in [4.69, 9.17) is 0 Å². The van der Waals surface area contributed by atoms with Crippen molar-refractivity contribution in [3.8, 4) is 0 Å². The van der Waals surface area contributed by atoms with E-state index in [9.17, 15) is 0 Å². The molecule has 0 amide bonds. The second kappa shape index (κ2) is 6.87. The van der Waals surface area contributed by atoms with Gasteiger partial charge in [0.25, 0.3) is 0 Å². The SMILES string of the molecule is CC(C)N(C(C)C)P(C)(=[Se])N(C(C)C)C(C)C. The Morgan fingerprint density at radius 2 is 0.824 bits per heavy atom. The van der Waals surface area contributed by atoms with Gasteiger partial charge < -0.3 is 0 Å². The fraction of sp³-hybridized carbons (Fsp3) is 1.00. The van der Waals surface area contributed by atoms with Gasteiger partial charge in [0.1, 0.15) is 0 Å². The Bertz CT molecular complexity index is 235. The van der Waals surface area contributed by atoms with Gasteiger partial charge in [0.05, 0.1) is 0 Å². The van der Waals surface area contributed by atoms with Gasteiger partial charge in [-0.05, 0) is 0 Å². The van der Waals surface area contributed by atoms with Gasteiger partial charge in [-0.3, -0.25) is 0 Å². The first-order valence-electron chi connectivity index (χ1n) is 6.68. The van der Waals surface area contributed by atoms with E-state index in [-0.39, 0.29) is 0 Å². The Hall–Kier alpha value is 0.869. The summed E-state index contributed by atoms with van der Waals surface area (Å²) in [5.41, 5.74) is 0. The molecule has 0 saturated carbocycles. The van der Waals surface area contributed by atoms with Crippen LogP contribution in [0.5, 0.6) is 0 Å². The summed E-state index contributed by atoms with van der Waals surface area (Å²) in [5.74, 6) is -1.35. The maximum absolute atomic E-state index is 3.54. The van der Waals surface area contributed by atoms with Crippen LogP contribution >= 0.6 is 5.81 Å². The molecule has 0 aromatic rings. The van der Waals surface area contributed by atoms with E-state index in [0.29, 0.717) is 24.2 Å². The number of hydrogen-bond donors (Lipinski definition) is 0. The Balaban J connectivity index is 5.38. The summed E-state index contributed by atoms with van der Waals surface area (Å²) in [6, 6.07) is 2.31. The van der Waals surface area contributed by atoms with Crippen LogP contribution in [-0.2, 0) is 0 Å². The van der Waals surface area contributed by atoms with Crippen LogP contribution in [-0.4, -0.2) is 55.3 Å². The van der Waals surface area contributed by atoms with E-state index >= 15 is 0 Å². The van der Waals surface area contributed by atoms with Crippen molar-refractivity contribution in [3.05, 3.63) is 0 Å². The molecular formula is C13H31N2PSe. The monoisotopic (exact) mass is 326 g/mol. The quantitative estimate of drug-likeness (QED) is 0.542. The van der Waals surface area contributed by atoms with Gasteiger partial charge in [-0.15, -0.1) is 0 Å². The molecule has 0 aliphatic rings. The van der Waals surface area contributed by atoms with Crippen molar-refractivity contribution < 1.29 is 0 Å². The Labute approximate surface area is 116 Å². The Morgan fingerprint density at radius 3 is 0.941 bits per heavy atom. The summed E-state index contributed by atoms with van der Waals surface area (Å²) in [7, 11) is 0. The molecule has 0 N–H and O–H groups in total. The fourth-order valence-electron chi connectivity index (χ4n) is 3.03. The maximum atomic E-state index is 3.54. The number of nitrogens with zero attached hydrogens (tertiary/aromatic N) is 2. The molecule has 0 saturated heterocycles. The van der Waals surface area contributed by atoms with Crippen LogP contribution in [0.4, 0.5) is 0 Å². The Kier molecular flexibility index (Phi) is 7.22. The van der Waals surface area contributed by atoms with Gasteiger partial charge in [0.2, 0.25) is 0 Å². The van der Waals surface area contributed by atoms with Crippen molar-refractivity contribution in [1.82, 2.24) is 9.34 Å². The molecule has 0 bridgehead atoms. The molecule has 0 spiro atoms. The van der Waals surface area contributed by atoms with Crippen LogP contribution in [0.2, 0.25) is 0 Å². The van der Waals surface area contributed by atoms with Crippen molar-refractivity contribution in [2.45, 2.75) is 79.6 Å². The van der Waals surface area contributed by atoms with E-state index in [1.807, 2.05) is 0 Å². The molecule has 0 radical (unpaired) electrons. The van der Waals surface area contributed by atoms with E-state index in [2.05, 4.69) is 86.5 Å². The topological polar surface area (TPSA) is 6.48 Å². The molecule has 0 aromatic heterocycles. The van der Waals surface area contributed by atoms with Crippen molar-refractivity contribution >= 4 is 20.9 Å². The first kappa shape index (κ1) is 17.9. The van der Waals surface area contributed by atoms with Crippen LogP contribution in [0.15, 0.2) is 0 Å². The predicted octanol–water partition coefficient (Wildman–Crippen LogP) is 3.78. The first-order valence-corrected chi connectivity index (χ1v) is 11.0. The molecule has 0 heterocycles. The molecule has 104 valence electrons. The second-order valence-corrected chi connectivity index (χ2v) is 12.9. The molecule has 0 rings (SSSR count). The predicted molar refractivity (Wildman–Crippen MR) is 82.8 cm³/mol. The zero-order chi connectivity index (χ0) is 14.0. The molecule has 0 aromatic carbocycles. The third-order valence-corrected chi connectivity index (χ3v) is 8.91. The third-order valence-electron chi connectivity index (χ3n) is 2.97. The molecule has 4 heteroatoms. The number of hydrogen-bond acceptors (Lipinski definition) is 2. The minimum atomic E-state index is -1.35. The molecule has 17 heavy (non-hydrogen) atoms. The molecule has 0 fully saturated rings. The van der Waals surface area contributed by atoms with Gasteiger partial charge >= 0.3 is 116 Å². The summed E-state index contributed by atoms with van der Waals surface area (Å²) < 4.78 is 5.32. The third kappa shape index (κ3) is 4.48. The summed E-state index contributed by atoms with van der Waals surface area (Å²) in [4.78, 5) is 0. The molecule has 0 atom stereocenters. The van der Waals surface area contributed by atoms with Gasteiger partial charge in [-0.25, -0.2) is 0 Å². The normalized spacial score (nSPS) is 14.1. The zero-order valence-corrected chi connectivity index (χ0v) is 15.7. The molecule has 0 aliphatic carbocycles. The molecule has 0 aliphatic heterocycles. The van der Waals surface area contributed by atoms with Gasteiger partial charge in [-0.2, -0.15) is 0 Å².